The van der Waals surface area contributed by atoms with Gasteiger partial charge in [-0.05, 0) is 24.6 Å². The second kappa shape index (κ2) is 5.34. The van der Waals surface area contributed by atoms with Crippen LogP contribution in [0.3, 0.4) is 0 Å². The summed E-state index contributed by atoms with van der Waals surface area (Å²) in [6.07, 6.45) is 1.82. The summed E-state index contributed by atoms with van der Waals surface area (Å²) in [5.74, 6) is 1.79. The van der Waals surface area contributed by atoms with Crippen molar-refractivity contribution in [1.29, 1.82) is 0 Å². The lowest BCUT2D eigenvalue weighted by Crippen LogP contribution is -1.98. The zero-order chi connectivity index (χ0) is 12.1. The van der Waals surface area contributed by atoms with Crippen LogP contribution in [0.5, 0.6) is 5.75 Å². The molecule has 0 aliphatic carbocycles. The minimum absolute atomic E-state index is 0.543. The van der Waals surface area contributed by atoms with Crippen LogP contribution in [0.4, 0.5) is 5.82 Å². The Morgan fingerprint density at radius 3 is 2.65 bits per heavy atom. The van der Waals surface area contributed by atoms with Gasteiger partial charge in [0, 0.05) is 18.8 Å². The Bertz CT molecular complexity index is 480. The topological polar surface area (TPSA) is 34.1 Å². The highest BCUT2D eigenvalue weighted by Crippen LogP contribution is 2.17. The van der Waals surface area contributed by atoms with Gasteiger partial charge in [-0.25, -0.2) is 4.98 Å². The summed E-state index contributed by atoms with van der Waals surface area (Å²) >= 11 is 0. The number of pyridine rings is 1. The van der Waals surface area contributed by atoms with Crippen molar-refractivity contribution in [3.05, 3.63) is 53.7 Å². The number of nitrogens with one attached hydrogen (secondary N) is 1. The van der Waals surface area contributed by atoms with E-state index in [0.29, 0.717) is 6.61 Å². The Kier molecular flexibility index (Phi) is 3.60. The summed E-state index contributed by atoms with van der Waals surface area (Å²) in [7, 11) is 1.85. The van der Waals surface area contributed by atoms with Crippen molar-refractivity contribution >= 4 is 5.82 Å². The van der Waals surface area contributed by atoms with Crippen LogP contribution in [0.1, 0.15) is 11.1 Å². The average molecular weight is 228 g/mol. The fourth-order valence-corrected chi connectivity index (χ4v) is 1.54. The minimum Gasteiger partial charge on any atom is -0.489 e. The van der Waals surface area contributed by atoms with E-state index in [9.17, 15) is 0 Å². The van der Waals surface area contributed by atoms with Gasteiger partial charge in [-0.1, -0.05) is 24.3 Å². The van der Waals surface area contributed by atoms with Gasteiger partial charge in [0.15, 0.2) is 0 Å². The van der Waals surface area contributed by atoms with Crippen LogP contribution < -0.4 is 10.1 Å². The van der Waals surface area contributed by atoms with E-state index in [1.54, 1.807) is 0 Å². The molecule has 17 heavy (non-hydrogen) atoms. The van der Waals surface area contributed by atoms with Crippen molar-refractivity contribution in [1.82, 2.24) is 4.98 Å². The first-order valence-electron chi connectivity index (χ1n) is 5.60. The highest BCUT2D eigenvalue weighted by atomic mass is 16.5. The maximum Gasteiger partial charge on any atom is 0.125 e. The minimum atomic E-state index is 0.543. The Morgan fingerprint density at radius 1 is 1.18 bits per heavy atom. The Balaban J connectivity index is 2.00. The summed E-state index contributed by atoms with van der Waals surface area (Å²) in [4.78, 5) is 4.24. The molecular weight excluding hydrogens is 212 g/mol. The first kappa shape index (κ1) is 11.5. The molecule has 0 aliphatic heterocycles. The molecule has 1 aromatic carbocycles. The lowest BCUT2D eigenvalue weighted by Gasteiger charge is -2.08. The molecule has 0 saturated heterocycles. The molecule has 3 nitrogen and oxygen atoms in total. The molecule has 1 N–H and O–H groups in total. The molecule has 2 rings (SSSR count). The number of hydrogen-bond acceptors (Lipinski definition) is 3. The predicted octanol–water partition coefficient (Wildman–Crippen LogP) is 3.01. The first-order valence-corrected chi connectivity index (χ1v) is 5.60. The quantitative estimate of drug-likeness (QED) is 0.873. The lowest BCUT2D eigenvalue weighted by molar-refractivity contribution is 0.303. The third-order valence-electron chi connectivity index (χ3n) is 2.57. The number of aryl methyl sites for hydroxylation is 1. The molecule has 0 unspecified atom stereocenters. The second-order valence-electron chi connectivity index (χ2n) is 3.86. The van der Waals surface area contributed by atoms with Gasteiger partial charge in [0.25, 0.3) is 0 Å². The molecule has 3 heteroatoms. The van der Waals surface area contributed by atoms with Crippen LogP contribution in [0.25, 0.3) is 0 Å². The fraction of sp³-hybridized carbons (Fsp3) is 0.214. The average Bonchev–Trinajstić information content (AvgIpc) is 2.38. The van der Waals surface area contributed by atoms with E-state index in [1.807, 2.05) is 56.6 Å². The molecule has 2 aromatic rings. The molecule has 0 aliphatic rings. The molecule has 0 radical (unpaired) electrons. The molecule has 0 bridgehead atoms. The van der Waals surface area contributed by atoms with Gasteiger partial charge < -0.3 is 10.1 Å². The standard InChI is InChI=1S/C14H16N2O/c1-11-5-3-4-6-13(11)17-10-12-7-8-14(15-2)16-9-12/h3-9H,10H2,1-2H3,(H,15,16). The zero-order valence-electron chi connectivity index (χ0n) is 10.1. The maximum absolute atomic E-state index is 5.74. The summed E-state index contributed by atoms with van der Waals surface area (Å²) < 4.78 is 5.74. The van der Waals surface area contributed by atoms with Crippen molar-refractivity contribution in [2.45, 2.75) is 13.5 Å². The molecule has 0 spiro atoms. The smallest absolute Gasteiger partial charge is 0.125 e. The van der Waals surface area contributed by atoms with Crippen LogP contribution in [-0.4, -0.2) is 12.0 Å². The molecule has 0 saturated carbocycles. The van der Waals surface area contributed by atoms with E-state index in [1.165, 1.54) is 0 Å². The summed E-state index contributed by atoms with van der Waals surface area (Å²) in [5.41, 5.74) is 2.21. The van der Waals surface area contributed by atoms with E-state index in [4.69, 9.17) is 4.74 Å². The molecule has 0 atom stereocenters. The summed E-state index contributed by atoms with van der Waals surface area (Å²) in [5, 5.41) is 2.99. The number of para-hydroxylation sites is 1. The fourth-order valence-electron chi connectivity index (χ4n) is 1.54. The third kappa shape index (κ3) is 2.97. The summed E-state index contributed by atoms with van der Waals surface area (Å²) in [6.45, 7) is 2.58. The van der Waals surface area contributed by atoms with Gasteiger partial charge in [-0.3, -0.25) is 0 Å². The van der Waals surface area contributed by atoms with Gasteiger partial charge in [0.05, 0.1) is 0 Å². The highest BCUT2D eigenvalue weighted by Gasteiger charge is 1.99. The summed E-state index contributed by atoms with van der Waals surface area (Å²) in [6, 6.07) is 12.0. The predicted molar refractivity (Wildman–Crippen MR) is 69.3 cm³/mol. The number of nitrogens with zero attached hydrogens (tertiary/aromatic N) is 1. The number of anilines is 1. The van der Waals surface area contributed by atoms with Crippen molar-refractivity contribution in [2.24, 2.45) is 0 Å². The van der Waals surface area contributed by atoms with E-state index < -0.39 is 0 Å². The van der Waals surface area contributed by atoms with Gasteiger partial charge in [-0.15, -0.1) is 0 Å². The number of benzene rings is 1. The normalized spacial score (nSPS) is 10.0. The number of hydrogen-bond donors (Lipinski definition) is 1. The van der Waals surface area contributed by atoms with Gasteiger partial charge >= 0.3 is 0 Å². The highest BCUT2D eigenvalue weighted by molar-refractivity contribution is 5.35. The monoisotopic (exact) mass is 228 g/mol. The van der Waals surface area contributed by atoms with Crippen LogP contribution in [0, 0.1) is 6.92 Å². The zero-order valence-corrected chi connectivity index (χ0v) is 10.1. The van der Waals surface area contributed by atoms with Crippen LogP contribution in [-0.2, 0) is 6.61 Å². The van der Waals surface area contributed by atoms with Crippen molar-refractivity contribution in [2.75, 3.05) is 12.4 Å². The second-order valence-corrected chi connectivity index (χ2v) is 3.86. The molecule has 0 fully saturated rings. The molecular formula is C14H16N2O. The number of aromatic nitrogens is 1. The largest absolute Gasteiger partial charge is 0.489 e. The van der Waals surface area contributed by atoms with Crippen LogP contribution in [0.15, 0.2) is 42.6 Å². The van der Waals surface area contributed by atoms with Crippen LogP contribution >= 0.6 is 0 Å². The van der Waals surface area contributed by atoms with Crippen molar-refractivity contribution in [3.63, 3.8) is 0 Å². The maximum atomic E-state index is 5.74. The Hall–Kier alpha value is -2.03. The van der Waals surface area contributed by atoms with Crippen LogP contribution in [0.2, 0.25) is 0 Å². The Labute approximate surface area is 101 Å². The Morgan fingerprint density at radius 2 is 2.00 bits per heavy atom. The first-order chi connectivity index (χ1) is 8.29. The van der Waals surface area contributed by atoms with Gasteiger partial charge in [-0.2, -0.15) is 0 Å². The molecule has 1 aromatic heterocycles. The van der Waals surface area contributed by atoms with Crippen molar-refractivity contribution in [3.8, 4) is 5.75 Å². The third-order valence-corrected chi connectivity index (χ3v) is 2.57. The van der Waals surface area contributed by atoms with E-state index in [-0.39, 0.29) is 0 Å². The van der Waals surface area contributed by atoms with Gasteiger partial charge in [0.1, 0.15) is 18.2 Å². The molecule has 1 heterocycles. The van der Waals surface area contributed by atoms with E-state index in [0.717, 1.165) is 22.7 Å². The van der Waals surface area contributed by atoms with Gasteiger partial charge in [0.2, 0.25) is 0 Å². The molecule has 0 amide bonds. The van der Waals surface area contributed by atoms with E-state index in [2.05, 4.69) is 10.3 Å². The SMILES string of the molecule is CNc1ccc(COc2ccccc2C)cn1. The van der Waals surface area contributed by atoms with E-state index >= 15 is 0 Å². The van der Waals surface area contributed by atoms with Crippen molar-refractivity contribution < 1.29 is 4.74 Å². The number of rotatable bonds is 4. The molecule has 88 valence electrons. The number of ether oxygens (including phenoxy) is 1. The lowest BCUT2D eigenvalue weighted by atomic mass is 10.2.